The largest absolute Gasteiger partial charge is 0.468 e. The number of imide groups is 1. The first-order chi connectivity index (χ1) is 24.2. The van der Waals surface area contributed by atoms with E-state index < -0.39 is 29.5 Å². The number of rotatable bonds is 10. The summed E-state index contributed by atoms with van der Waals surface area (Å²) in [6, 6.07) is 20.5. The van der Waals surface area contributed by atoms with Gasteiger partial charge >= 0.3 is 24.0 Å². The summed E-state index contributed by atoms with van der Waals surface area (Å²) >= 11 is 0. The van der Waals surface area contributed by atoms with Crippen LogP contribution in [0.5, 0.6) is 11.5 Å². The van der Waals surface area contributed by atoms with E-state index in [2.05, 4.69) is 10.2 Å². The molecule has 4 amide bonds. The molecule has 3 aliphatic heterocycles. The lowest BCUT2D eigenvalue weighted by atomic mass is 9.72. The number of nitrogens with one attached hydrogen (secondary N) is 1. The number of ether oxygens (including phenoxy) is 4. The number of hydrogen-bond acceptors (Lipinski definition) is 10. The summed E-state index contributed by atoms with van der Waals surface area (Å²) < 4.78 is 21.8. The SMILES string of the molecule is COC(=O)C1(c2ccccc2)CCN(CCCN(O)C(=O)N2C(=O)NC(C)=C(C(=O)OCc3ccccc3)C2c2ccc3c(c2)OCO3)CC1. The number of nitrogens with zero attached hydrogens (tertiary/aromatic N) is 3. The molecule has 50 heavy (non-hydrogen) atoms. The van der Waals surface area contributed by atoms with Crippen molar-refractivity contribution >= 4 is 24.0 Å². The number of fused-ring (bicyclic) bond motifs is 1. The summed E-state index contributed by atoms with van der Waals surface area (Å²) in [5.41, 5.74) is 1.58. The normalized spacial score (nSPS) is 18.3. The van der Waals surface area contributed by atoms with Gasteiger partial charge in [0, 0.05) is 5.70 Å². The minimum Gasteiger partial charge on any atom is -0.468 e. The van der Waals surface area contributed by atoms with Gasteiger partial charge in [-0.05, 0) is 74.6 Å². The van der Waals surface area contributed by atoms with Gasteiger partial charge in [0.05, 0.1) is 24.6 Å². The number of hydroxylamine groups is 2. The lowest BCUT2D eigenvalue weighted by Gasteiger charge is -2.40. The molecule has 262 valence electrons. The Balaban J connectivity index is 1.15. The van der Waals surface area contributed by atoms with Crippen LogP contribution in [0.25, 0.3) is 0 Å². The van der Waals surface area contributed by atoms with E-state index in [4.69, 9.17) is 18.9 Å². The number of carbonyl (C=O) groups excluding carboxylic acids is 4. The van der Waals surface area contributed by atoms with Gasteiger partial charge in [-0.2, -0.15) is 0 Å². The monoisotopic (exact) mass is 684 g/mol. The average molecular weight is 685 g/mol. The molecule has 1 atom stereocenters. The molecule has 0 bridgehead atoms. The Morgan fingerprint density at radius 3 is 2.36 bits per heavy atom. The molecule has 1 unspecified atom stereocenters. The minimum absolute atomic E-state index is 0.00475. The van der Waals surface area contributed by atoms with Gasteiger partial charge in [-0.15, -0.1) is 0 Å². The second kappa shape index (κ2) is 15.0. The summed E-state index contributed by atoms with van der Waals surface area (Å²) in [7, 11) is 1.40. The number of allylic oxidation sites excluding steroid dienone is 1. The Hall–Kier alpha value is -5.40. The molecule has 2 N–H and O–H groups in total. The fraction of sp³-hybridized carbons (Fsp3) is 0.351. The fourth-order valence-electron chi connectivity index (χ4n) is 6.79. The highest BCUT2D eigenvalue weighted by molar-refractivity contribution is 6.01. The minimum atomic E-state index is -1.24. The topological polar surface area (TPSA) is 147 Å². The first kappa shape index (κ1) is 34.5. The van der Waals surface area contributed by atoms with Crippen LogP contribution < -0.4 is 14.8 Å². The molecule has 3 aliphatic rings. The van der Waals surface area contributed by atoms with Crippen LogP contribution in [0.2, 0.25) is 0 Å². The van der Waals surface area contributed by atoms with Gasteiger partial charge in [-0.3, -0.25) is 10.0 Å². The summed E-state index contributed by atoms with van der Waals surface area (Å²) in [5, 5.41) is 14.1. The van der Waals surface area contributed by atoms with E-state index in [1.807, 2.05) is 60.7 Å². The number of benzene rings is 3. The van der Waals surface area contributed by atoms with Gasteiger partial charge < -0.3 is 29.2 Å². The van der Waals surface area contributed by atoms with Gasteiger partial charge in [-0.1, -0.05) is 66.7 Å². The van der Waals surface area contributed by atoms with Crippen LogP contribution >= 0.6 is 0 Å². The van der Waals surface area contributed by atoms with E-state index in [-0.39, 0.29) is 37.2 Å². The second-order valence-electron chi connectivity index (χ2n) is 12.5. The van der Waals surface area contributed by atoms with E-state index >= 15 is 0 Å². The summed E-state index contributed by atoms with van der Waals surface area (Å²) in [5.74, 6) is -0.129. The van der Waals surface area contributed by atoms with Crippen LogP contribution in [-0.4, -0.2) is 84.2 Å². The maximum absolute atomic E-state index is 13.9. The molecule has 13 nitrogen and oxygen atoms in total. The number of esters is 2. The van der Waals surface area contributed by atoms with Crippen LogP contribution in [0.4, 0.5) is 9.59 Å². The Labute approximate surface area is 289 Å². The highest BCUT2D eigenvalue weighted by Crippen LogP contribution is 2.41. The third-order valence-electron chi connectivity index (χ3n) is 9.48. The quantitative estimate of drug-likeness (QED) is 0.172. The van der Waals surface area contributed by atoms with Gasteiger partial charge in [0.25, 0.3) is 0 Å². The first-order valence-electron chi connectivity index (χ1n) is 16.5. The van der Waals surface area contributed by atoms with Gasteiger partial charge in [-0.25, -0.2) is 24.3 Å². The Bertz CT molecular complexity index is 1760. The molecule has 6 rings (SSSR count). The maximum atomic E-state index is 13.9. The molecule has 0 aromatic heterocycles. The molecule has 0 spiro atoms. The van der Waals surface area contributed by atoms with Crippen molar-refractivity contribution in [2.45, 2.75) is 44.2 Å². The van der Waals surface area contributed by atoms with Gasteiger partial charge in [0.2, 0.25) is 6.79 Å². The zero-order valence-electron chi connectivity index (χ0n) is 28.0. The van der Waals surface area contributed by atoms with Crippen molar-refractivity contribution in [2.75, 3.05) is 40.1 Å². The summed E-state index contributed by atoms with van der Waals surface area (Å²) in [6.45, 7) is 3.20. The summed E-state index contributed by atoms with van der Waals surface area (Å²) in [4.78, 5) is 56.9. The molecule has 13 heteroatoms. The lowest BCUT2D eigenvalue weighted by molar-refractivity contribution is -0.149. The predicted molar refractivity (Wildman–Crippen MR) is 179 cm³/mol. The molecule has 0 aliphatic carbocycles. The number of likely N-dealkylation sites (tertiary alicyclic amines) is 1. The number of urea groups is 2. The predicted octanol–water partition coefficient (Wildman–Crippen LogP) is 4.91. The Kier molecular flexibility index (Phi) is 10.3. The third kappa shape index (κ3) is 7.00. The van der Waals surface area contributed by atoms with Crippen LogP contribution in [-0.2, 0) is 31.1 Å². The number of amides is 4. The van der Waals surface area contributed by atoms with Crippen molar-refractivity contribution in [3.63, 3.8) is 0 Å². The zero-order valence-corrected chi connectivity index (χ0v) is 28.0. The molecule has 1 saturated heterocycles. The number of piperidine rings is 1. The maximum Gasteiger partial charge on any atom is 0.352 e. The number of hydrogen-bond donors (Lipinski definition) is 2. The molecule has 3 aromatic rings. The fourth-order valence-corrected chi connectivity index (χ4v) is 6.79. The number of methoxy groups -OCH3 is 1. The number of carbonyl (C=O) groups is 4. The molecule has 3 aromatic carbocycles. The lowest BCUT2D eigenvalue weighted by Crippen LogP contribution is -2.55. The van der Waals surface area contributed by atoms with E-state index in [0.29, 0.717) is 61.0 Å². The molecular weight excluding hydrogens is 644 g/mol. The standard InChI is InChI=1S/C37H40N4O9/c1-25-31(33(42)48-23-26-10-5-3-6-11-26)32(27-14-15-29-30(22-27)50-24-49-29)41(35(44)38-25)36(45)40(46)19-9-18-39-20-16-37(17-21-39,34(43)47-2)28-12-7-4-8-13-28/h3-8,10-15,22,32,46H,9,16-21,23-24H2,1-2H3,(H,38,44). The third-order valence-corrected chi connectivity index (χ3v) is 9.48. The van der Waals surface area contributed by atoms with Crippen molar-refractivity contribution < 1.29 is 43.3 Å². The van der Waals surface area contributed by atoms with Crippen molar-refractivity contribution in [3.05, 3.63) is 107 Å². The summed E-state index contributed by atoms with van der Waals surface area (Å²) in [6.07, 6.45) is 1.50. The first-order valence-corrected chi connectivity index (χ1v) is 16.5. The average Bonchev–Trinajstić information content (AvgIpc) is 3.62. The van der Waals surface area contributed by atoms with Gasteiger partial charge in [0.15, 0.2) is 11.5 Å². The van der Waals surface area contributed by atoms with E-state index in [9.17, 15) is 24.4 Å². The van der Waals surface area contributed by atoms with E-state index in [1.165, 1.54) is 7.11 Å². The molecular formula is C37H40N4O9. The van der Waals surface area contributed by atoms with Crippen LogP contribution in [0.3, 0.4) is 0 Å². The van der Waals surface area contributed by atoms with E-state index in [1.54, 1.807) is 25.1 Å². The van der Waals surface area contributed by atoms with Gasteiger partial charge in [0.1, 0.15) is 12.6 Å². The second-order valence-corrected chi connectivity index (χ2v) is 12.5. The highest BCUT2D eigenvalue weighted by Gasteiger charge is 2.45. The van der Waals surface area contributed by atoms with Crippen LogP contribution in [0, 0.1) is 0 Å². The zero-order chi connectivity index (χ0) is 35.3. The van der Waals surface area contributed by atoms with Crippen molar-refractivity contribution in [3.8, 4) is 11.5 Å². The van der Waals surface area contributed by atoms with E-state index in [0.717, 1.165) is 16.0 Å². The van der Waals surface area contributed by atoms with Crippen molar-refractivity contribution in [1.29, 1.82) is 0 Å². The Morgan fingerprint density at radius 2 is 1.66 bits per heavy atom. The van der Waals surface area contributed by atoms with Crippen LogP contribution in [0.15, 0.2) is 90.1 Å². The molecule has 0 radical (unpaired) electrons. The highest BCUT2D eigenvalue weighted by atomic mass is 16.7. The Morgan fingerprint density at radius 1 is 0.980 bits per heavy atom. The molecule has 1 fully saturated rings. The van der Waals surface area contributed by atoms with Crippen molar-refractivity contribution in [1.82, 2.24) is 20.2 Å². The van der Waals surface area contributed by atoms with Crippen LogP contribution in [0.1, 0.15) is 48.9 Å². The smallest absolute Gasteiger partial charge is 0.352 e. The molecule has 0 saturated carbocycles. The van der Waals surface area contributed by atoms with Crippen molar-refractivity contribution in [2.24, 2.45) is 0 Å². The molecule has 3 heterocycles.